The van der Waals surface area contributed by atoms with Crippen molar-refractivity contribution in [3.63, 3.8) is 0 Å². The lowest BCUT2D eigenvalue weighted by Gasteiger charge is -2.06. The number of halogens is 1. The van der Waals surface area contributed by atoms with Crippen molar-refractivity contribution in [2.75, 3.05) is 5.32 Å². The number of anilines is 1. The maximum atomic E-state index is 11.8. The molecule has 0 spiro atoms. The second-order valence-electron chi connectivity index (χ2n) is 3.47. The van der Waals surface area contributed by atoms with Gasteiger partial charge in [-0.15, -0.1) is 0 Å². The Bertz CT molecular complexity index is 556. The molecule has 1 aromatic rings. The minimum atomic E-state index is -3.70. The predicted molar refractivity (Wildman–Crippen MR) is 59.9 cm³/mol. The highest BCUT2D eigenvalue weighted by atomic mass is 35.5. The van der Waals surface area contributed by atoms with Crippen molar-refractivity contribution in [2.24, 2.45) is 0 Å². The Kier molecular flexibility index (Phi) is 2.65. The van der Waals surface area contributed by atoms with Gasteiger partial charge in [-0.25, -0.2) is 8.42 Å². The zero-order valence-electron chi connectivity index (χ0n) is 8.32. The molecule has 2 N–H and O–H groups in total. The molecule has 0 saturated heterocycles. The zero-order chi connectivity index (χ0) is 11.9. The van der Waals surface area contributed by atoms with E-state index >= 15 is 0 Å². The lowest BCUT2D eigenvalue weighted by Crippen LogP contribution is -2.38. The van der Waals surface area contributed by atoms with Gasteiger partial charge < -0.3 is 5.32 Å². The SMILES string of the molecule is CC1NS(=O)(=O)c2cc(Cl)ccc2NC1=O. The molecule has 1 unspecified atom stereocenters. The fourth-order valence-electron chi connectivity index (χ4n) is 1.41. The average Bonchev–Trinajstić information content (AvgIpc) is 2.26. The zero-order valence-corrected chi connectivity index (χ0v) is 9.89. The Morgan fingerprint density at radius 1 is 1.38 bits per heavy atom. The molecular formula is C9H9ClN2O3S. The van der Waals surface area contributed by atoms with Crippen molar-refractivity contribution in [3.05, 3.63) is 23.2 Å². The highest BCUT2D eigenvalue weighted by molar-refractivity contribution is 7.89. The van der Waals surface area contributed by atoms with E-state index in [1.807, 2.05) is 0 Å². The minimum Gasteiger partial charge on any atom is -0.323 e. The van der Waals surface area contributed by atoms with Crippen LogP contribution in [0.15, 0.2) is 23.1 Å². The number of amides is 1. The van der Waals surface area contributed by atoms with Gasteiger partial charge in [-0.05, 0) is 25.1 Å². The van der Waals surface area contributed by atoms with Crippen LogP contribution in [0.1, 0.15) is 6.92 Å². The second-order valence-corrected chi connectivity index (χ2v) is 5.59. The van der Waals surface area contributed by atoms with Crippen molar-refractivity contribution in [3.8, 4) is 0 Å². The van der Waals surface area contributed by atoms with E-state index in [4.69, 9.17) is 11.6 Å². The van der Waals surface area contributed by atoms with Crippen molar-refractivity contribution >= 4 is 33.2 Å². The molecule has 16 heavy (non-hydrogen) atoms. The van der Waals surface area contributed by atoms with Gasteiger partial charge in [0.1, 0.15) is 4.90 Å². The quantitative estimate of drug-likeness (QED) is 0.730. The Morgan fingerprint density at radius 3 is 2.75 bits per heavy atom. The van der Waals surface area contributed by atoms with Crippen LogP contribution in [-0.2, 0) is 14.8 Å². The average molecular weight is 261 g/mol. The number of carbonyl (C=O) groups excluding carboxylic acids is 1. The van der Waals surface area contributed by atoms with Crippen LogP contribution in [0.4, 0.5) is 5.69 Å². The Morgan fingerprint density at radius 2 is 2.06 bits per heavy atom. The van der Waals surface area contributed by atoms with Crippen molar-refractivity contribution in [2.45, 2.75) is 17.9 Å². The minimum absolute atomic E-state index is 0.0160. The van der Waals surface area contributed by atoms with Crippen LogP contribution in [0.25, 0.3) is 0 Å². The summed E-state index contributed by atoms with van der Waals surface area (Å²) < 4.78 is 25.9. The number of sulfonamides is 1. The normalized spacial score (nSPS) is 23.1. The topological polar surface area (TPSA) is 75.3 Å². The summed E-state index contributed by atoms with van der Waals surface area (Å²) >= 11 is 5.73. The van der Waals surface area contributed by atoms with Crippen LogP contribution < -0.4 is 10.0 Å². The van der Waals surface area contributed by atoms with Gasteiger partial charge in [-0.3, -0.25) is 4.79 Å². The number of carbonyl (C=O) groups is 1. The van der Waals surface area contributed by atoms with Gasteiger partial charge in [0.05, 0.1) is 11.7 Å². The summed E-state index contributed by atoms with van der Waals surface area (Å²) in [6, 6.07) is 3.48. The first-order valence-electron chi connectivity index (χ1n) is 4.53. The van der Waals surface area contributed by atoms with Gasteiger partial charge in [0, 0.05) is 5.02 Å². The first-order valence-corrected chi connectivity index (χ1v) is 6.39. The maximum Gasteiger partial charge on any atom is 0.243 e. The third kappa shape index (κ3) is 1.91. The Hall–Kier alpha value is -1.11. The summed E-state index contributed by atoms with van der Waals surface area (Å²) in [6.45, 7) is 1.47. The summed E-state index contributed by atoms with van der Waals surface area (Å²) in [5, 5.41) is 2.81. The molecule has 0 aliphatic carbocycles. The monoisotopic (exact) mass is 260 g/mol. The number of fused-ring (bicyclic) bond motifs is 1. The molecule has 1 atom stereocenters. The van der Waals surface area contributed by atoms with Gasteiger partial charge in [-0.2, -0.15) is 4.72 Å². The Balaban J connectivity index is 2.66. The molecule has 0 radical (unpaired) electrons. The highest BCUT2D eigenvalue weighted by Gasteiger charge is 2.29. The molecule has 1 amide bonds. The van der Waals surface area contributed by atoms with E-state index in [0.717, 1.165) is 0 Å². The fraction of sp³-hybridized carbons (Fsp3) is 0.222. The molecule has 0 saturated carbocycles. The van der Waals surface area contributed by atoms with Crippen LogP contribution in [0.2, 0.25) is 5.02 Å². The van der Waals surface area contributed by atoms with Crippen LogP contribution in [0.5, 0.6) is 0 Å². The first kappa shape index (κ1) is 11.4. The highest BCUT2D eigenvalue weighted by Crippen LogP contribution is 2.27. The summed E-state index contributed by atoms with van der Waals surface area (Å²) in [5.74, 6) is -0.398. The van der Waals surface area contributed by atoms with Gasteiger partial charge >= 0.3 is 0 Å². The molecule has 0 aromatic heterocycles. The van der Waals surface area contributed by atoms with Crippen molar-refractivity contribution < 1.29 is 13.2 Å². The fourth-order valence-corrected chi connectivity index (χ4v) is 3.04. The van der Waals surface area contributed by atoms with Crippen LogP contribution in [-0.4, -0.2) is 20.4 Å². The van der Waals surface area contributed by atoms with E-state index in [2.05, 4.69) is 10.0 Å². The maximum absolute atomic E-state index is 11.8. The lowest BCUT2D eigenvalue weighted by atomic mass is 10.3. The van der Waals surface area contributed by atoms with Crippen LogP contribution in [0, 0.1) is 0 Å². The molecule has 2 rings (SSSR count). The second kappa shape index (κ2) is 3.73. The van der Waals surface area contributed by atoms with E-state index in [1.54, 1.807) is 0 Å². The van der Waals surface area contributed by atoms with E-state index in [0.29, 0.717) is 5.02 Å². The number of hydrogen-bond donors (Lipinski definition) is 2. The molecule has 5 nitrogen and oxygen atoms in total. The van der Waals surface area contributed by atoms with E-state index in [9.17, 15) is 13.2 Å². The van der Waals surface area contributed by atoms with Crippen molar-refractivity contribution in [1.29, 1.82) is 0 Å². The molecular weight excluding hydrogens is 252 g/mol. The van der Waals surface area contributed by atoms with Crippen LogP contribution in [0.3, 0.4) is 0 Å². The molecule has 7 heteroatoms. The summed E-state index contributed by atoms with van der Waals surface area (Å²) in [4.78, 5) is 11.5. The molecule has 0 fully saturated rings. The van der Waals surface area contributed by atoms with Crippen LogP contribution >= 0.6 is 11.6 Å². The van der Waals surface area contributed by atoms with E-state index < -0.39 is 22.0 Å². The smallest absolute Gasteiger partial charge is 0.243 e. The van der Waals surface area contributed by atoms with E-state index in [1.165, 1.54) is 25.1 Å². The van der Waals surface area contributed by atoms with Gasteiger partial charge in [0.25, 0.3) is 0 Å². The third-order valence-electron chi connectivity index (χ3n) is 2.22. The van der Waals surface area contributed by atoms with E-state index in [-0.39, 0.29) is 10.6 Å². The standard InChI is InChI=1S/C9H9ClN2O3S/c1-5-9(13)11-7-3-2-6(10)4-8(7)16(14,15)12-5/h2-5,12H,1H3,(H,11,13). The molecule has 1 aliphatic heterocycles. The summed E-state index contributed by atoms with van der Waals surface area (Å²) in [7, 11) is -3.70. The van der Waals surface area contributed by atoms with Gasteiger partial charge in [-0.1, -0.05) is 11.6 Å². The summed E-state index contributed by atoms with van der Waals surface area (Å²) in [6.07, 6.45) is 0. The molecule has 1 aromatic carbocycles. The third-order valence-corrected chi connectivity index (χ3v) is 4.03. The molecule has 0 bridgehead atoms. The van der Waals surface area contributed by atoms with Gasteiger partial charge in [0.2, 0.25) is 15.9 Å². The largest absolute Gasteiger partial charge is 0.323 e. The lowest BCUT2D eigenvalue weighted by molar-refractivity contribution is -0.117. The predicted octanol–water partition coefficient (Wildman–Crippen LogP) is 0.959. The molecule has 86 valence electrons. The number of rotatable bonds is 0. The first-order chi connectivity index (χ1) is 7.40. The van der Waals surface area contributed by atoms with Crippen molar-refractivity contribution in [1.82, 2.24) is 4.72 Å². The number of nitrogens with one attached hydrogen (secondary N) is 2. The Labute approximate surface area is 97.8 Å². The molecule has 1 heterocycles. The summed E-state index contributed by atoms with van der Waals surface area (Å²) in [5.41, 5.74) is 0.242. The number of benzene rings is 1. The number of hydrogen-bond acceptors (Lipinski definition) is 3. The molecule has 1 aliphatic rings. The van der Waals surface area contributed by atoms with Gasteiger partial charge in [0.15, 0.2) is 0 Å².